The summed E-state index contributed by atoms with van der Waals surface area (Å²) >= 11 is 0. The highest BCUT2D eigenvalue weighted by Crippen LogP contribution is 2.08. The third kappa shape index (κ3) is 5.54. The van der Waals surface area contributed by atoms with Gasteiger partial charge in [-0.1, -0.05) is 12.5 Å². The topological polar surface area (TPSA) is 30.2 Å². The largest absolute Gasteiger partial charge is 0.469 e. The van der Waals surface area contributed by atoms with Crippen molar-refractivity contribution >= 4 is 5.78 Å². The number of ketones is 1. The maximum Gasteiger partial charge on any atom is 0.133 e. The van der Waals surface area contributed by atoms with Crippen LogP contribution < -0.4 is 0 Å². The van der Waals surface area contributed by atoms with E-state index in [1.807, 2.05) is 18.2 Å². The van der Waals surface area contributed by atoms with Gasteiger partial charge in [-0.15, -0.1) is 6.58 Å². The van der Waals surface area contributed by atoms with Crippen LogP contribution >= 0.6 is 0 Å². The van der Waals surface area contributed by atoms with Crippen LogP contribution in [0.25, 0.3) is 0 Å². The molecule has 0 N–H and O–H groups in total. The SMILES string of the molecule is C=CCCCCCC(=O)CCc1ccco1. The zero-order valence-corrected chi connectivity index (χ0v) is 9.78. The molecule has 1 aromatic heterocycles. The molecule has 0 spiro atoms. The fourth-order valence-electron chi connectivity index (χ4n) is 1.63. The molecule has 16 heavy (non-hydrogen) atoms. The molecule has 0 aliphatic carbocycles. The molecule has 0 aromatic carbocycles. The lowest BCUT2D eigenvalue weighted by Crippen LogP contribution is -1.99. The quantitative estimate of drug-likeness (QED) is 0.466. The normalized spacial score (nSPS) is 10.2. The monoisotopic (exact) mass is 220 g/mol. The molecular weight excluding hydrogens is 200 g/mol. The molecular formula is C14H20O2. The predicted molar refractivity (Wildman–Crippen MR) is 65.3 cm³/mol. The average Bonchev–Trinajstić information content (AvgIpc) is 2.79. The number of aryl methyl sites for hydroxylation is 1. The van der Waals surface area contributed by atoms with E-state index in [4.69, 9.17) is 4.42 Å². The van der Waals surface area contributed by atoms with Gasteiger partial charge in [0.15, 0.2) is 0 Å². The van der Waals surface area contributed by atoms with Gasteiger partial charge in [0, 0.05) is 19.3 Å². The minimum absolute atomic E-state index is 0.343. The van der Waals surface area contributed by atoms with E-state index in [9.17, 15) is 4.79 Å². The first-order chi connectivity index (χ1) is 7.83. The molecule has 0 fully saturated rings. The van der Waals surface area contributed by atoms with Crippen molar-refractivity contribution < 1.29 is 9.21 Å². The summed E-state index contributed by atoms with van der Waals surface area (Å²) in [6, 6.07) is 3.77. The molecule has 0 unspecified atom stereocenters. The highest BCUT2D eigenvalue weighted by molar-refractivity contribution is 5.78. The Morgan fingerprint density at radius 2 is 2.19 bits per heavy atom. The molecule has 0 amide bonds. The number of hydrogen-bond acceptors (Lipinski definition) is 2. The van der Waals surface area contributed by atoms with Crippen LogP contribution in [-0.4, -0.2) is 5.78 Å². The van der Waals surface area contributed by atoms with E-state index in [1.54, 1.807) is 6.26 Å². The first kappa shape index (κ1) is 12.8. The van der Waals surface area contributed by atoms with Gasteiger partial charge >= 0.3 is 0 Å². The molecule has 0 bridgehead atoms. The zero-order valence-electron chi connectivity index (χ0n) is 9.78. The van der Waals surface area contributed by atoms with Crippen molar-refractivity contribution in [3.05, 3.63) is 36.8 Å². The van der Waals surface area contributed by atoms with Gasteiger partial charge in [0.05, 0.1) is 6.26 Å². The van der Waals surface area contributed by atoms with Crippen LogP contribution in [0.3, 0.4) is 0 Å². The molecule has 0 atom stereocenters. The van der Waals surface area contributed by atoms with Crippen LogP contribution in [-0.2, 0) is 11.2 Å². The number of rotatable bonds is 9. The van der Waals surface area contributed by atoms with E-state index >= 15 is 0 Å². The summed E-state index contributed by atoms with van der Waals surface area (Å²) in [7, 11) is 0. The van der Waals surface area contributed by atoms with Gasteiger partial charge in [-0.05, 0) is 31.4 Å². The molecule has 2 nitrogen and oxygen atoms in total. The summed E-state index contributed by atoms with van der Waals surface area (Å²) in [4.78, 5) is 11.5. The van der Waals surface area contributed by atoms with Crippen LogP contribution in [0.1, 0.15) is 44.3 Å². The van der Waals surface area contributed by atoms with Crippen molar-refractivity contribution in [2.75, 3.05) is 0 Å². The highest BCUT2D eigenvalue weighted by atomic mass is 16.3. The first-order valence-corrected chi connectivity index (χ1v) is 5.98. The first-order valence-electron chi connectivity index (χ1n) is 5.98. The summed E-state index contributed by atoms with van der Waals surface area (Å²) in [6.07, 6.45) is 9.96. The van der Waals surface area contributed by atoms with E-state index < -0.39 is 0 Å². The van der Waals surface area contributed by atoms with Crippen molar-refractivity contribution in [2.45, 2.75) is 44.9 Å². The molecule has 1 aromatic rings. The molecule has 1 heterocycles. The standard InChI is InChI=1S/C14H20O2/c1-2-3-4-5-6-8-13(15)10-11-14-9-7-12-16-14/h2,7,9,12H,1,3-6,8,10-11H2. The molecule has 0 aliphatic rings. The second-order valence-electron chi connectivity index (χ2n) is 4.01. The third-order valence-corrected chi connectivity index (χ3v) is 2.59. The van der Waals surface area contributed by atoms with E-state index in [0.717, 1.165) is 37.9 Å². The van der Waals surface area contributed by atoms with Gasteiger partial charge in [0.1, 0.15) is 11.5 Å². The minimum Gasteiger partial charge on any atom is -0.469 e. The molecule has 0 saturated carbocycles. The summed E-state index contributed by atoms with van der Waals surface area (Å²) < 4.78 is 5.18. The molecule has 2 heteroatoms. The van der Waals surface area contributed by atoms with Gasteiger partial charge in [-0.25, -0.2) is 0 Å². The number of carbonyl (C=O) groups excluding carboxylic acids is 1. The second kappa shape index (κ2) is 7.91. The lowest BCUT2D eigenvalue weighted by Gasteiger charge is -1.99. The Labute approximate surface area is 97.3 Å². The number of allylic oxidation sites excluding steroid dienone is 1. The summed E-state index contributed by atoms with van der Waals surface area (Å²) in [6.45, 7) is 3.67. The lowest BCUT2D eigenvalue weighted by molar-refractivity contribution is -0.119. The summed E-state index contributed by atoms with van der Waals surface area (Å²) in [5.41, 5.74) is 0. The molecule has 0 aliphatic heterocycles. The van der Waals surface area contributed by atoms with Gasteiger partial charge in [-0.2, -0.15) is 0 Å². The molecule has 88 valence electrons. The fraction of sp³-hybridized carbons (Fsp3) is 0.500. The van der Waals surface area contributed by atoms with Crippen molar-refractivity contribution in [1.82, 2.24) is 0 Å². The Bertz CT molecular complexity index is 299. The number of carbonyl (C=O) groups is 1. The van der Waals surface area contributed by atoms with Crippen LogP contribution in [0.15, 0.2) is 35.5 Å². The maximum atomic E-state index is 11.5. The van der Waals surface area contributed by atoms with Crippen LogP contribution in [0, 0.1) is 0 Å². The maximum absolute atomic E-state index is 11.5. The van der Waals surface area contributed by atoms with Crippen LogP contribution in [0.2, 0.25) is 0 Å². The van der Waals surface area contributed by atoms with Gasteiger partial charge in [-0.3, -0.25) is 4.79 Å². The van der Waals surface area contributed by atoms with E-state index in [0.29, 0.717) is 18.6 Å². The highest BCUT2D eigenvalue weighted by Gasteiger charge is 2.03. The lowest BCUT2D eigenvalue weighted by atomic mass is 10.1. The number of Topliss-reactive ketones (excluding diaryl/α,β-unsaturated/α-hetero) is 1. The second-order valence-corrected chi connectivity index (χ2v) is 4.01. The Morgan fingerprint density at radius 1 is 1.31 bits per heavy atom. The summed E-state index contributed by atoms with van der Waals surface area (Å²) in [5, 5.41) is 0. The van der Waals surface area contributed by atoms with Gasteiger partial charge in [0.2, 0.25) is 0 Å². The van der Waals surface area contributed by atoms with Crippen LogP contribution in [0.4, 0.5) is 0 Å². The Kier molecular flexibility index (Phi) is 6.31. The molecule has 1 rings (SSSR count). The van der Waals surface area contributed by atoms with Crippen molar-refractivity contribution in [3.8, 4) is 0 Å². The summed E-state index contributed by atoms with van der Waals surface area (Å²) in [5.74, 6) is 1.25. The van der Waals surface area contributed by atoms with Crippen molar-refractivity contribution in [1.29, 1.82) is 0 Å². The van der Waals surface area contributed by atoms with E-state index in [2.05, 4.69) is 6.58 Å². The van der Waals surface area contributed by atoms with Crippen LogP contribution in [0.5, 0.6) is 0 Å². The third-order valence-electron chi connectivity index (χ3n) is 2.59. The average molecular weight is 220 g/mol. The molecule has 0 saturated heterocycles. The fourth-order valence-corrected chi connectivity index (χ4v) is 1.63. The zero-order chi connectivity index (χ0) is 11.6. The minimum atomic E-state index is 0.343. The Hall–Kier alpha value is -1.31. The van der Waals surface area contributed by atoms with E-state index in [1.165, 1.54) is 0 Å². The smallest absolute Gasteiger partial charge is 0.133 e. The Morgan fingerprint density at radius 3 is 2.88 bits per heavy atom. The van der Waals surface area contributed by atoms with Gasteiger partial charge < -0.3 is 4.42 Å². The Balaban J connectivity index is 2.00. The van der Waals surface area contributed by atoms with Crippen molar-refractivity contribution in [2.24, 2.45) is 0 Å². The van der Waals surface area contributed by atoms with Gasteiger partial charge in [0.25, 0.3) is 0 Å². The predicted octanol–water partition coefficient (Wildman–Crippen LogP) is 3.92. The van der Waals surface area contributed by atoms with E-state index in [-0.39, 0.29) is 0 Å². The number of hydrogen-bond donors (Lipinski definition) is 0. The number of furan rings is 1. The number of unbranched alkanes of at least 4 members (excludes halogenated alkanes) is 3. The molecule has 0 radical (unpaired) electrons. The van der Waals surface area contributed by atoms with Crippen molar-refractivity contribution in [3.63, 3.8) is 0 Å².